The van der Waals surface area contributed by atoms with Crippen LogP contribution in [0.25, 0.3) is 0 Å². The molecule has 112 valence electrons. The average Bonchev–Trinajstić information content (AvgIpc) is 2.38. The van der Waals surface area contributed by atoms with E-state index in [0.717, 1.165) is 5.56 Å². The summed E-state index contributed by atoms with van der Waals surface area (Å²) in [5.74, 6) is -0.451. The summed E-state index contributed by atoms with van der Waals surface area (Å²) >= 11 is 0. The molecule has 0 atom stereocenters. The van der Waals surface area contributed by atoms with Crippen LogP contribution >= 0.6 is 0 Å². The standard InChI is InChI=1S/C13H12F3N3O2/c1-20-7-8-3-2-4-9(5-8)21-11-6-10(13(14,15)16)18-12(17)19-11/h2-6H,7H2,1H3,(H2,17,18,19). The Morgan fingerprint density at radius 2 is 1.95 bits per heavy atom. The summed E-state index contributed by atoms with van der Waals surface area (Å²) in [4.78, 5) is 6.77. The minimum Gasteiger partial charge on any atom is -0.439 e. The van der Waals surface area contributed by atoms with Gasteiger partial charge in [0.05, 0.1) is 6.61 Å². The summed E-state index contributed by atoms with van der Waals surface area (Å²) in [7, 11) is 1.54. The van der Waals surface area contributed by atoms with Gasteiger partial charge in [0.1, 0.15) is 5.75 Å². The highest BCUT2D eigenvalue weighted by molar-refractivity contribution is 5.34. The fourth-order valence-electron chi connectivity index (χ4n) is 1.63. The van der Waals surface area contributed by atoms with E-state index in [9.17, 15) is 13.2 Å². The third kappa shape index (κ3) is 4.06. The molecule has 0 saturated heterocycles. The smallest absolute Gasteiger partial charge is 0.433 e. The molecule has 0 radical (unpaired) electrons. The van der Waals surface area contributed by atoms with Crippen LogP contribution in [0.15, 0.2) is 30.3 Å². The Morgan fingerprint density at radius 1 is 1.19 bits per heavy atom. The van der Waals surface area contributed by atoms with E-state index < -0.39 is 17.8 Å². The van der Waals surface area contributed by atoms with Gasteiger partial charge in [-0.2, -0.15) is 18.2 Å². The van der Waals surface area contributed by atoms with Crippen LogP contribution in [0.5, 0.6) is 11.6 Å². The van der Waals surface area contributed by atoms with Gasteiger partial charge in [0.2, 0.25) is 11.8 Å². The number of hydrogen-bond acceptors (Lipinski definition) is 5. The summed E-state index contributed by atoms with van der Waals surface area (Å²) in [5.41, 5.74) is 4.92. The molecule has 1 aromatic heterocycles. The summed E-state index contributed by atoms with van der Waals surface area (Å²) in [5, 5.41) is 0. The largest absolute Gasteiger partial charge is 0.439 e. The number of benzene rings is 1. The molecule has 2 N–H and O–H groups in total. The van der Waals surface area contributed by atoms with Gasteiger partial charge in [-0.25, -0.2) is 4.98 Å². The van der Waals surface area contributed by atoms with Crippen LogP contribution in [0.3, 0.4) is 0 Å². The number of aromatic nitrogens is 2. The number of hydrogen-bond donors (Lipinski definition) is 1. The Morgan fingerprint density at radius 3 is 2.62 bits per heavy atom. The zero-order valence-electron chi connectivity index (χ0n) is 11.0. The Kier molecular flexibility index (Phi) is 4.27. The highest BCUT2D eigenvalue weighted by Crippen LogP contribution is 2.31. The van der Waals surface area contributed by atoms with Crippen LogP contribution < -0.4 is 10.5 Å². The van der Waals surface area contributed by atoms with Gasteiger partial charge in [0.25, 0.3) is 0 Å². The van der Waals surface area contributed by atoms with Gasteiger partial charge in [-0.15, -0.1) is 0 Å². The van der Waals surface area contributed by atoms with Gasteiger partial charge in [-0.1, -0.05) is 12.1 Å². The molecule has 0 unspecified atom stereocenters. The number of nitrogen functional groups attached to an aromatic ring is 1. The first-order chi connectivity index (χ1) is 9.88. The molecule has 0 fully saturated rings. The summed E-state index contributed by atoms with van der Waals surface area (Å²) in [6, 6.07) is 7.41. The van der Waals surface area contributed by atoms with Gasteiger partial charge in [0.15, 0.2) is 5.69 Å². The fourth-order valence-corrected chi connectivity index (χ4v) is 1.63. The Labute approximate surface area is 118 Å². The van der Waals surface area contributed by atoms with Gasteiger partial charge in [-0.05, 0) is 17.7 Å². The summed E-state index contributed by atoms with van der Waals surface area (Å²) < 4.78 is 48.2. The zero-order valence-corrected chi connectivity index (χ0v) is 11.0. The molecule has 2 rings (SSSR count). The molecule has 0 spiro atoms. The first-order valence-corrected chi connectivity index (χ1v) is 5.86. The molecule has 1 aromatic carbocycles. The van der Waals surface area contributed by atoms with Crippen molar-refractivity contribution in [3.05, 3.63) is 41.6 Å². The number of ether oxygens (including phenoxy) is 2. The summed E-state index contributed by atoms with van der Waals surface area (Å²) in [6.45, 7) is 0.358. The first kappa shape index (κ1) is 15.0. The maximum atomic E-state index is 12.6. The second-order valence-corrected chi connectivity index (χ2v) is 4.13. The number of anilines is 1. The molecule has 0 bridgehead atoms. The molecule has 0 aliphatic heterocycles. The molecule has 21 heavy (non-hydrogen) atoms. The van der Waals surface area contributed by atoms with E-state index in [1.165, 1.54) is 7.11 Å². The van der Waals surface area contributed by atoms with Crippen molar-refractivity contribution in [3.63, 3.8) is 0 Å². The topological polar surface area (TPSA) is 70.3 Å². The van der Waals surface area contributed by atoms with Gasteiger partial charge in [-0.3, -0.25) is 0 Å². The predicted octanol–water partition coefficient (Wildman–Crippen LogP) is 3.02. The van der Waals surface area contributed by atoms with Crippen molar-refractivity contribution in [1.82, 2.24) is 9.97 Å². The fraction of sp³-hybridized carbons (Fsp3) is 0.231. The van der Waals surface area contributed by atoms with Crippen molar-refractivity contribution in [2.75, 3.05) is 12.8 Å². The van der Waals surface area contributed by atoms with E-state index in [4.69, 9.17) is 15.2 Å². The second-order valence-electron chi connectivity index (χ2n) is 4.13. The molecule has 0 amide bonds. The highest BCUT2D eigenvalue weighted by Gasteiger charge is 2.33. The highest BCUT2D eigenvalue weighted by atomic mass is 19.4. The maximum absolute atomic E-state index is 12.6. The summed E-state index contributed by atoms with van der Waals surface area (Å²) in [6.07, 6.45) is -4.62. The molecule has 5 nitrogen and oxygen atoms in total. The van der Waals surface area contributed by atoms with E-state index in [2.05, 4.69) is 9.97 Å². The molecule has 1 heterocycles. The number of methoxy groups -OCH3 is 1. The number of rotatable bonds is 4. The van der Waals surface area contributed by atoms with Crippen molar-refractivity contribution in [2.45, 2.75) is 12.8 Å². The van der Waals surface area contributed by atoms with Crippen LogP contribution in [0.2, 0.25) is 0 Å². The van der Waals surface area contributed by atoms with Gasteiger partial charge >= 0.3 is 6.18 Å². The molecule has 2 aromatic rings. The second kappa shape index (κ2) is 5.96. The van der Waals surface area contributed by atoms with Crippen molar-refractivity contribution in [3.8, 4) is 11.6 Å². The molecule has 8 heteroatoms. The van der Waals surface area contributed by atoms with Crippen LogP contribution in [-0.4, -0.2) is 17.1 Å². The Hall–Kier alpha value is -2.35. The third-order valence-corrected chi connectivity index (χ3v) is 2.44. The monoisotopic (exact) mass is 299 g/mol. The number of nitrogens with two attached hydrogens (primary N) is 1. The average molecular weight is 299 g/mol. The predicted molar refractivity (Wildman–Crippen MR) is 68.7 cm³/mol. The third-order valence-electron chi connectivity index (χ3n) is 2.44. The number of halogens is 3. The lowest BCUT2D eigenvalue weighted by Gasteiger charge is -2.10. The first-order valence-electron chi connectivity index (χ1n) is 5.86. The van der Waals surface area contributed by atoms with Crippen LogP contribution in [0, 0.1) is 0 Å². The van der Waals surface area contributed by atoms with E-state index in [1.54, 1.807) is 24.3 Å². The lowest BCUT2D eigenvalue weighted by atomic mass is 10.2. The number of alkyl halides is 3. The van der Waals surface area contributed by atoms with E-state index in [0.29, 0.717) is 18.4 Å². The van der Waals surface area contributed by atoms with Crippen molar-refractivity contribution in [2.24, 2.45) is 0 Å². The minimum atomic E-state index is -4.62. The molecular weight excluding hydrogens is 287 g/mol. The SMILES string of the molecule is COCc1cccc(Oc2cc(C(F)(F)F)nc(N)n2)c1. The van der Waals surface area contributed by atoms with Crippen LogP contribution in [0.4, 0.5) is 19.1 Å². The normalized spacial score (nSPS) is 11.4. The maximum Gasteiger partial charge on any atom is 0.433 e. The lowest BCUT2D eigenvalue weighted by molar-refractivity contribution is -0.141. The van der Waals surface area contributed by atoms with Gasteiger partial charge in [0, 0.05) is 13.2 Å². The van der Waals surface area contributed by atoms with E-state index >= 15 is 0 Å². The van der Waals surface area contributed by atoms with E-state index in [-0.39, 0.29) is 5.88 Å². The molecule has 0 aliphatic rings. The Balaban J connectivity index is 2.27. The van der Waals surface area contributed by atoms with Crippen molar-refractivity contribution >= 4 is 5.95 Å². The molecule has 0 aliphatic carbocycles. The zero-order chi connectivity index (χ0) is 15.5. The molecule has 0 saturated carbocycles. The molecular formula is C13H12F3N3O2. The quantitative estimate of drug-likeness (QED) is 0.939. The minimum absolute atomic E-state index is 0.274. The number of nitrogens with zero attached hydrogens (tertiary/aromatic N) is 2. The van der Waals surface area contributed by atoms with Crippen molar-refractivity contribution in [1.29, 1.82) is 0 Å². The van der Waals surface area contributed by atoms with Crippen LogP contribution in [0.1, 0.15) is 11.3 Å². The van der Waals surface area contributed by atoms with Crippen molar-refractivity contribution < 1.29 is 22.6 Å². The van der Waals surface area contributed by atoms with Gasteiger partial charge < -0.3 is 15.2 Å². The lowest BCUT2D eigenvalue weighted by Crippen LogP contribution is -2.11. The Bertz CT molecular complexity index is 632. The van der Waals surface area contributed by atoms with Crippen LogP contribution in [-0.2, 0) is 17.5 Å². The van der Waals surface area contributed by atoms with E-state index in [1.807, 2.05) is 0 Å².